The van der Waals surface area contributed by atoms with Gasteiger partial charge in [0.1, 0.15) is 0 Å². The Labute approximate surface area is 101 Å². The molecule has 94 valence electrons. The molecule has 0 spiro atoms. The van der Waals surface area contributed by atoms with Crippen LogP contribution in [0.3, 0.4) is 0 Å². The van der Waals surface area contributed by atoms with Crippen LogP contribution in [0.1, 0.15) is 24.2 Å². The first kappa shape index (κ1) is 12.1. The Kier molecular flexibility index (Phi) is 3.47. The van der Waals surface area contributed by atoms with Crippen molar-refractivity contribution in [1.29, 1.82) is 0 Å². The van der Waals surface area contributed by atoms with E-state index in [4.69, 9.17) is 5.11 Å². The zero-order chi connectivity index (χ0) is 12.4. The molecule has 1 amide bonds. The lowest BCUT2D eigenvalue weighted by molar-refractivity contribution is -0.131. The van der Waals surface area contributed by atoms with Crippen molar-refractivity contribution in [3.05, 3.63) is 17.7 Å². The van der Waals surface area contributed by atoms with Gasteiger partial charge in [-0.15, -0.1) is 0 Å². The lowest BCUT2D eigenvalue weighted by Gasteiger charge is -2.30. The summed E-state index contributed by atoms with van der Waals surface area (Å²) in [6.07, 6.45) is 2.73. The van der Waals surface area contributed by atoms with Gasteiger partial charge in [-0.1, -0.05) is 0 Å². The van der Waals surface area contributed by atoms with E-state index in [9.17, 15) is 4.79 Å². The fourth-order valence-corrected chi connectivity index (χ4v) is 2.02. The van der Waals surface area contributed by atoms with E-state index < -0.39 is 0 Å². The number of hydrogen-bond acceptors (Lipinski definition) is 3. The summed E-state index contributed by atoms with van der Waals surface area (Å²) in [5.74, 6) is 0.0698. The minimum atomic E-state index is -0.274. The number of carbonyl (C=O) groups is 1. The van der Waals surface area contributed by atoms with Crippen LogP contribution in [0, 0.1) is 19.8 Å². The molecule has 1 aliphatic rings. The molecule has 0 atom stereocenters. The maximum Gasteiger partial charge on any atom is 0.223 e. The molecular weight excluding hydrogens is 218 g/mol. The summed E-state index contributed by atoms with van der Waals surface area (Å²) in [5, 5.41) is 12.0. The van der Waals surface area contributed by atoms with Crippen molar-refractivity contribution < 1.29 is 9.90 Å². The second-order valence-corrected chi connectivity index (χ2v) is 4.72. The molecule has 0 aliphatic heterocycles. The van der Waals surface area contributed by atoms with E-state index in [-0.39, 0.29) is 17.9 Å². The van der Waals surface area contributed by atoms with Crippen LogP contribution in [-0.2, 0) is 11.3 Å². The Balaban J connectivity index is 1.73. The van der Waals surface area contributed by atoms with Crippen molar-refractivity contribution in [2.75, 3.05) is 6.54 Å². The predicted molar refractivity (Wildman–Crippen MR) is 63.4 cm³/mol. The molecule has 0 unspecified atom stereocenters. The van der Waals surface area contributed by atoms with Crippen LogP contribution in [0.25, 0.3) is 0 Å². The van der Waals surface area contributed by atoms with E-state index in [0.29, 0.717) is 19.4 Å². The van der Waals surface area contributed by atoms with Crippen molar-refractivity contribution >= 4 is 5.91 Å². The van der Waals surface area contributed by atoms with Crippen molar-refractivity contribution in [1.82, 2.24) is 14.9 Å². The van der Waals surface area contributed by atoms with Crippen LogP contribution in [0.15, 0.2) is 6.33 Å². The fraction of sp³-hybridized carbons (Fsp3) is 0.667. The number of aliphatic hydroxyl groups excluding tert-OH is 1. The molecule has 0 aromatic carbocycles. The van der Waals surface area contributed by atoms with Gasteiger partial charge in [-0.05, 0) is 26.7 Å². The summed E-state index contributed by atoms with van der Waals surface area (Å²) in [7, 11) is 0. The lowest BCUT2D eigenvalue weighted by atomic mass is 9.82. The number of aromatic nitrogens is 2. The van der Waals surface area contributed by atoms with E-state index in [1.165, 1.54) is 0 Å². The number of hydrogen-bond donors (Lipinski definition) is 2. The monoisotopic (exact) mass is 237 g/mol. The number of aliphatic hydroxyl groups is 1. The van der Waals surface area contributed by atoms with Crippen LogP contribution in [-0.4, -0.2) is 33.2 Å². The highest BCUT2D eigenvalue weighted by Crippen LogP contribution is 2.26. The van der Waals surface area contributed by atoms with Crippen molar-refractivity contribution in [3.63, 3.8) is 0 Å². The number of nitrogens with zero attached hydrogens (tertiary/aromatic N) is 2. The first-order chi connectivity index (χ1) is 8.08. The standard InChI is InChI=1S/C12H19N3O2/c1-8-9(2)15(7-14-8)4-3-13-12(17)10-5-11(16)6-10/h7,10-11,16H,3-6H2,1-2H3,(H,13,17). The van der Waals surface area contributed by atoms with Gasteiger partial charge in [-0.3, -0.25) is 4.79 Å². The number of carbonyl (C=O) groups excluding carboxylic acids is 1. The third kappa shape index (κ3) is 2.66. The van der Waals surface area contributed by atoms with Gasteiger partial charge in [0.15, 0.2) is 0 Å². The first-order valence-corrected chi connectivity index (χ1v) is 6.02. The molecule has 1 fully saturated rings. The molecule has 1 saturated carbocycles. The normalized spacial score (nSPS) is 23.2. The average molecular weight is 237 g/mol. The molecule has 1 aromatic heterocycles. The van der Waals surface area contributed by atoms with Crippen LogP contribution >= 0.6 is 0 Å². The summed E-state index contributed by atoms with van der Waals surface area (Å²) in [6, 6.07) is 0. The average Bonchev–Trinajstić information content (AvgIpc) is 2.56. The molecule has 5 heteroatoms. The number of rotatable bonds is 4. The number of imidazole rings is 1. The summed E-state index contributed by atoms with van der Waals surface area (Å²) >= 11 is 0. The third-order valence-electron chi connectivity index (χ3n) is 3.48. The Morgan fingerprint density at radius 3 is 2.82 bits per heavy atom. The minimum Gasteiger partial charge on any atom is -0.393 e. The number of nitrogens with one attached hydrogen (secondary N) is 1. The maximum atomic E-state index is 11.6. The second-order valence-electron chi connectivity index (χ2n) is 4.72. The molecule has 5 nitrogen and oxygen atoms in total. The van der Waals surface area contributed by atoms with Gasteiger partial charge in [0.2, 0.25) is 5.91 Å². The summed E-state index contributed by atoms with van der Waals surface area (Å²) in [5.41, 5.74) is 2.16. The van der Waals surface area contributed by atoms with Crippen molar-refractivity contribution in [2.24, 2.45) is 5.92 Å². The second kappa shape index (κ2) is 4.87. The SMILES string of the molecule is Cc1ncn(CCNC(=O)C2CC(O)C2)c1C. The van der Waals surface area contributed by atoms with Crippen molar-refractivity contribution in [3.8, 4) is 0 Å². The summed E-state index contributed by atoms with van der Waals surface area (Å²) in [4.78, 5) is 15.8. The highest BCUT2D eigenvalue weighted by atomic mass is 16.3. The van der Waals surface area contributed by atoms with Gasteiger partial charge < -0.3 is 15.0 Å². The first-order valence-electron chi connectivity index (χ1n) is 6.02. The zero-order valence-electron chi connectivity index (χ0n) is 10.3. The van der Waals surface area contributed by atoms with Gasteiger partial charge >= 0.3 is 0 Å². The molecule has 17 heavy (non-hydrogen) atoms. The van der Waals surface area contributed by atoms with Gasteiger partial charge in [-0.2, -0.15) is 0 Å². The molecule has 0 bridgehead atoms. The summed E-state index contributed by atoms with van der Waals surface area (Å²) in [6.45, 7) is 5.35. The molecule has 0 radical (unpaired) electrons. The summed E-state index contributed by atoms with van der Waals surface area (Å²) < 4.78 is 2.03. The maximum absolute atomic E-state index is 11.6. The highest BCUT2D eigenvalue weighted by molar-refractivity contribution is 5.79. The molecule has 1 heterocycles. The van der Waals surface area contributed by atoms with Gasteiger partial charge in [0.05, 0.1) is 18.1 Å². The van der Waals surface area contributed by atoms with Gasteiger partial charge in [0.25, 0.3) is 0 Å². The minimum absolute atomic E-state index is 0.00983. The quantitative estimate of drug-likeness (QED) is 0.796. The Hall–Kier alpha value is -1.36. The van der Waals surface area contributed by atoms with Crippen LogP contribution < -0.4 is 5.32 Å². The zero-order valence-corrected chi connectivity index (χ0v) is 10.3. The molecule has 2 rings (SSSR count). The van der Waals surface area contributed by atoms with E-state index in [0.717, 1.165) is 17.9 Å². The van der Waals surface area contributed by atoms with Crippen molar-refractivity contribution in [2.45, 2.75) is 39.3 Å². The topological polar surface area (TPSA) is 67.2 Å². The number of aryl methyl sites for hydroxylation is 1. The molecule has 0 saturated heterocycles. The molecule has 1 aromatic rings. The molecular formula is C12H19N3O2. The molecule has 1 aliphatic carbocycles. The van der Waals surface area contributed by atoms with Crippen LogP contribution in [0.4, 0.5) is 0 Å². The van der Waals surface area contributed by atoms with Crippen LogP contribution in [0.2, 0.25) is 0 Å². The van der Waals surface area contributed by atoms with E-state index in [1.54, 1.807) is 6.33 Å². The Bertz CT molecular complexity index is 408. The predicted octanol–water partition coefficient (Wildman–Crippen LogP) is 0.387. The van der Waals surface area contributed by atoms with E-state index in [1.807, 2.05) is 18.4 Å². The highest BCUT2D eigenvalue weighted by Gasteiger charge is 2.32. The Morgan fingerprint density at radius 2 is 2.29 bits per heavy atom. The Morgan fingerprint density at radius 1 is 1.59 bits per heavy atom. The molecule has 2 N–H and O–H groups in total. The van der Waals surface area contributed by atoms with Crippen LogP contribution in [0.5, 0.6) is 0 Å². The third-order valence-corrected chi connectivity index (χ3v) is 3.48. The van der Waals surface area contributed by atoms with E-state index >= 15 is 0 Å². The number of amides is 1. The lowest BCUT2D eigenvalue weighted by Crippen LogP contribution is -2.42. The van der Waals surface area contributed by atoms with E-state index in [2.05, 4.69) is 10.3 Å². The largest absolute Gasteiger partial charge is 0.393 e. The smallest absolute Gasteiger partial charge is 0.223 e. The van der Waals surface area contributed by atoms with Gasteiger partial charge in [0, 0.05) is 24.7 Å². The van der Waals surface area contributed by atoms with Gasteiger partial charge in [-0.25, -0.2) is 4.98 Å². The fourth-order valence-electron chi connectivity index (χ4n) is 2.02.